The Bertz CT molecular complexity index is 823. The van der Waals surface area contributed by atoms with Crippen LogP contribution < -0.4 is 0 Å². The molecule has 0 spiro atoms. The smallest absolute Gasteiger partial charge is 0.338 e. The summed E-state index contributed by atoms with van der Waals surface area (Å²) in [5.74, 6) is -1.11. The average molecular weight is 384 g/mol. The highest BCUT2D eigenvalue weighted by Crippen LogP contribution is 2.34. The van der Waals surface area contributed by atoms with Gasteiger partial charge in [0, 0.05) is 12.7 Å². The highest BCUT2D eigenvalue weighted by atomic mass is 16.8. The lowest BCUT2D eigenvalue weighted by atomic mass is 9.98. The number of fused-ring (bicyclic) bond motifs is 1. The summed E-state index contributed by atoms with van der Waals surface area (Å²) in [4.78, 5) is 25.3. The summed E-state index contributed by atoms with van der Waals surface area (Å²) in [7, 11) is 1.36. The molecule has 0 bridgehead atoms. The Morgan fingerprint density at radius 3 is 2.36 bits per heavy atom. The maximum atomic E-state index is 12.8. The fraction of sp³-hybridized carbons (Fsp3) is 0.333. The van der Waals surface area contributed by atoms with E-state index in [-0.39, 0.29) is 6.61 Å². The number of Topliss-reactive ketones (excluding diaryl/α,β-unsaturated/α-hetero) is 1. The molecule has 5 atom stereocenters. The fourth-order valence-corrected chi connectivity index (χ4v) is 3.29. The molecule has 0 saturated carbocycles. The molecule has 7 nitrogen and oxygen atoms in total. The van der Waals surface area contributed by atoms with Gasteiger partial charge >= 0.3 is 5.97 Å². The molecule has 4 rings (SSSR count). The highest BCUT2D eigenvalue weighted by Gasteiger charge is 2.51. The first-order valence-electron chi connectivity index (χ1n) is 8.97. The summed E-state index contributed by atoms with van der Waals surface area (Å²) < 4.78 is 28.0. The summed E-state index contributed by atoms with van der Waals surface area (Å²) in [6, 6.07) is 17.8. The molecule has 2 fully saturated rings. The highest BCUT2D eigenvalue weighted by molar-refractivity contribution is 5.94. The van der Waals surface area contributed by atoms with Crippen LogP contribution in [0.2, 0.25) is 0 Å². The second-order valence-electron chi connectivity index (χ2n) is 6.51. The molecule has 7 heteroatoms. The van der Waals surface area contributed by atoms with Crippen molar-refractivity contribution >= 4 is 11.8 Å². The third-order valence-corrected chi connectivity index (χ3v) is 4.70. The molecule has 2 aromatic carbocycles. The lowest BCUT2D eigenvalue weighted by Gasteiger charge is -2.43. The SMILES string of the molecule is CO[C@H]1O[C@@H]2CO[C@@H](c3ccccc3)O[C@H]2[C@H](OC(=O)c2ccccc2)C1=O. The molecule has 2 aliphatic heterocycles. The summed E-state index contributed by atoms with van der Waals surface area (Å²) in [6.45, 7) is 0.177. The number of hydrogen-bond donors (Lipinski definition) is 0. The van der Waals surface area contributed by atoms with Gasteiger partial charge in [-0.05, 0) is 12.1 Å². The zero-order valence-corrected chi connectivity index (χ0v) is 15.2. The number of hydrogen-bond acceptors (Lipinski definition) is 7. The van der Waals surface area contributed by atoms with Crippen LogP contribution in [0.5, 0.6) is 0 Å². The van der Waals surface area contributed by atoms with Crippen molar-refractivity contribution in [1.29, 1.82) is 0 Å². The van der Waals surface area contributed by atoms with E-state index < -0.39 is 42.6 Å². The predicted molar refractivity (Wildman–Crippen MR) is 96.3 cm³/mol. The Balaban J connectivity index is 1.57. The number of carbonyl (C=O) groups is 2. The van der Waals surface area contributed by atoms with Crippen molar-refractivity contribution in [2.45, 2.75) is 30.9 Å². The molecule has 0 aliphatic carbocycles. The van der Waals surface area contributed by atoms with Crippen molar-refractivity contribution in [1.82, 2.24) is 0 Å². The van der Waals surface area contributed by atoms with Crippen molar-refractivity contribution in [2.75, 3.05) is 13.7 Å². The zero-order valence-electron chi connectivity index (χ0n) is 15.2. The Hall–Kier alpha value is -2.58. The van der Waals surface area contributed by atoms with Gasteiger partial charge in [0.1, 0.15) is 12.2 Å². The van der Waals surface area contributed by atoms with Gasteiger partial charge in [-0.15, -0.1) is 0 Å². The molecule has 28 heavy (non-hydrogen) atoms. The zero-order chi connectivity index (χ0) is 19.5. The Labute approximate surface area is 162 Å². The van der Waals surface area contributed by atoms with Gasteiger partial charge in [-0.1, -0.05) is 48.5 Å². The van der Waals surface area contributed by atoms with Crippen LogP contribution in [0.4, 0.5) is 0 Å². The average Bonchev–Trinajstić information content (AvgIpc) is 2.76. The first-order chi connectivity index (χ1) is 13.7. The summed E-state index contributed by atoms with van der Waals surface area (Å²) in [5.41, 5.74) is 1.15. The first kappa shape index (κ1) is 18.8. The van der Waals surface area contributed by atoms with Gasteiger partial charge < -0.3 is 23.7 Å². The van der Waals surface area contributed by atoms with Crippen molar-refractivity contribution in [3.05, 3.63) is 71.8 Å². The van der Waals surface area contributed by atoms with Crippen LogP contribution in [-0.4, -0.2) is 50.1 Å². The number of esters is 1. The van der Waals surface area contributed by atoms with Crippen LogP contribution in [0.15, 0.2) is 60.7 Å². The number of ether oxygens (including phenoxy) is 5. The maximum Gasteiger partial charge on any atom is 0.338 e. The second-order valence-corrected chi connectivity index (χ2v) is 6.51. The molecule has 0 radical (unpaired) electrons. The minimum atomic E-state index is -1.16. The minimum Gasteiger partial charge on any atom is -0.448 e. The number of carbonyl (C=O) groups excluding carboxylic acids is 2. The molecule has 2 heterocycles. The second kappa shape index (κ2) is 8.20. The number of methoxy groups -OCH3 is 1. The Morgan fingerprint density at radius 2 is 1.68 bits per heavy atom. The van der Waals surface area contributed by atoms with Crippen LogP contribution in [0.25, 0.3) is 0 Å². The van der Waals surface area contributed by atoms with E-state index >= 15 is 0 Å². The lowest BCUT2D eigenvalue weighted by Crippen LogP contribution is -2.61. The monoisotopic (exact) mass is 384 g/mol. The molecular weight excluding hydrogens is 364 g/mol. The Morgan fingerprint density at radius 1 is 1.00 bits per heavy atom. The van der Waals surface area contributed by atoms with E-state index in [1.807, 2.05) is 30.3 Å². The van der Waals surface area contributed by atoms with Crippen molar-refractivity contribution in [2.24, 2.45) is 0 Å². The first-order valence-corrected chi connectivity index (χ1v) is 8.97. The predicted octanol–water partition coefficient (Wildman–Crippen LogP) is 2.27. The molecule has 0 amide bonds. The van der Waals surface area contributed by atoms with Crippen LogP contribution >= 0.6 is 0 Å². The van der Waals surface area contributed by atoms with Gasteiger partial charge in [0.15, 0.2) is 12.4 Å². The van der Waals surface area contributed by atoms with E-state index in [4.69, 9.17) is 23.7 Å². The van der Waals surface area contributed by atoms with Gasteiger partial charge in [-0.3, -0.25) is 4.79 Å². The van der Waals surface area contributed by atoms with E-state index in [1.54, 1.807) is 30.3 Å². The molecule has 2 aromatic rings. The van der Waals surface area contributed by atoms with Gasteiger partial charge in [0.05, 0.1) is 12.2 Å². The van der Waals surface area contributed by atoms with Crippen LogP contribution in [0, 0.1) is 0 Å². The van der Waals surface area contributed by atoms with E-state index in [0.717, 1.165) is 5.56 Å². The largest absolute Gasteiger partial charge is 0.448 e. The van der Waals surface area contributed by atoms with Gasteiger partial charge in [0.25, 0.3) is 0 Å². The number of benzene rings is 2. The number of rotatable bonds is 4. The van der Waals surface area contributed by atoms with E-state index in [2.05, 4.69) is 0 Å². The minimum absolute atomic E-state index is 0.177. The molecular formula is C21H20O7. The van der Waals surface area contributed by atoms with E-state index in [9.17, 15) is 9.59 Å². The third kappa shape index (κ3) is 3.70. The van der Waals surface area contributed by atoms with Gasteiger partial charge in [-0.2, -0.15) is 0 Å². The Kier molecular flexibility index (Phi) is 5.50. The van der Waals surface area contributed by atoms with Crippen LogP contribution in [-0.2, 0) is 28.5 Å². The molecule has 0 unspecified atom stereocenters. The lowest BCUT2D eigenvalue weighted by molar-refractivity contribution is -0.316. The maximum absolute atomic E-state index is 12.8. The molecule has 2 saturated heterocycles. The van der Waals surface area contributed by atoms with E-state index in [1.165, 1.54) is 7.11 Å². The molecule has 0 aromatic heterocycles. The van der Waals surface area contributed by atoms with Crippen LogP contribution in [0.3, 0.4) is 0 Å². The van der Waals surface area contributed by atoms with Gasteiger partial charge in [0.2, 0.25) is 12.1 Å². The topological polar surface area (TPSA) is 80.3 Å². The van der Waals surface area contributed by atoms with Crippen molar-refractivity contribution in [3.63, 3.8) is 0 Å². The van der Waals surface area contributed by atoms with E-state index in [0.29, 0.717) is 5.56 Å². The third-order valence-electron chi connectivity index (χ3n) is 4.70. The van der Waals surface area contributed by atoms with Gasteiger partial charge in [-0.25, -0.2) is 4.79 Å². The standard InChI is InChI=1S/C21H20O7/c1-24-21-16(22)18(27-19(23)13-8-4-2-5-9-13)17-15(26-21)12-25-20(28-17)14-10-6-3-7-11-14/h2-11,15,17-18,20-21H,12H2,1H3/t15-,17-,18-,20-,21+/m1/s1. The summed E-state index contributed by atoms with van der Waals surface area (Å²) >= 11 is 0. The van der Waals surface area contributed by atoms with Crippen LogP contribution in [0.1, 0.15) is 22.2 Å². The fourth-order valence-electron chi connectivity index (χ4n) is 3.29. The van der Waals surface area contributed by atoms with Crippen molar-refractivity contribution < 1.29 is 33.3 Å². The number of ketones is 1. The normalized spacial score (nSPS) is 29.8. The quantitative estimate of drug-likeness (QED) is 0.748. The summed E-state index contributed by atoms with van der Waals surface area (Å²) in [6.07, 6.45) is -4.39. The molecule has 146 valence electrons. The molecule has 0 N–H and O–H groups in total. The molecule has 2 aliphatic rings. The van der Waals surface area contributed by atoms with Crippen molar-refractivity contribution in [3.8, 4) is 0 Å². The summed E-state index contributed by atoms with van der Waals surface area (Å²) in [5, 5.41) is 0.